The lowest BCUT2D eigenvalue weighted by Crippen LogP contribution is -2.40. The Morgan fingerprint density at radius 2 is 1.69 bits per heavy atom. The molecule has 3 aliphatic rings. The molecular weight excluding hydrogens is 442 g/mol. The maximum Gasteiger partial charge on any atom is 0.314 e. The summed E-state index contributed by atoms with van der Waals surface area (Å²) in [5.74, 6) is 1.88. The Hall–Kier alpha value is -1.71. The van der Waals surface area contributed by atoms with Crippen LogP contribution in [0.25, 0.3) is 0 Å². The lowest BCUT2D eigenvalue weighted by molar-refractivity contribution is -0.144. The van der Waals surface area contributed by atoms with Gasteiger partial charge in [-0.05, 0) is 87.9 Å². The van der Waals surface area contributed by atoms with Crippen LogP contribution in [0.1, 0.15) is 103 Å². The quantitative estimate of drug-likeness (QED) is 0.208. The minimum atomic E-state index is -0.631. The van der Waals surface area contributed by atoms with Crippen molar-refractivity contribution in [2.75, 3.05) is 0 Å². The van der Waals surface area contributed by atoms with Gasteiger partial charge in [-0.3, -0.25) is 4.79 Å². The highest BCUT2D eigenvalue weighted by molar-refractivity contribution is 5.75. The van der Waals surface area contributed by atoms with Crippen molar-refractivity contribution in [3.63, 3.8) is 0 Å². The van der Waals surface area contributed by atoms with Gasteiger partial charge in [0.05, 0.1) is 5.92 Å². The number of halogens is 2. The molecule has 4 heteroatoms. The van der Waals surface area contributed by atoms with Crippen molar-refractivity contribution >= 4 is 5.97 Å². The van der Waals surface area contributed by atoms with E-state index in [1.54, 1.807) is 0 Å². The standard InChI is InChI=1S/C31H44F2O2/c1-3-5-6-10-28-29(32)19-25(20-30(28)33)35-31(34)27-11-7-9-24-18-23(16-17-26(24)27)22-14-12-21(8-4-2)13-15-22/h3,5,19-24,26-27H,4,6-18H2,1-2H3/b5-3+. The van der Waals surface area contributed by atoms with E-state index in [-0.39, 0.29) is 23.2 Å². The highest BCUT2D eigenvalue weighted by Crippen LogP contribution is 2.50. The number of esters is 1. The van der Waals surface area contributed by atoms with E-state index in [9.17, 15) is 13.6 Å². The van der Waals surface area contributed by atoms with Gasteiger partial charge in [-0.2, -0.15) is 0 Å². The third-order valence-electron chi connectivity index (χ3n) is 9.38. The van der Waals surface area contributed by atoms with E-state index in [0.29, 0.717) is 24.7 Å². The van der Waals surface area contributed by atoms with Crippen LogP contribution in [0.5, 0.6) is 5.75 Å². The van der Waals surface area contributed by atoms with Crippen LogP contribution >= 0.6 is 0 Å². The molecule has 0 aliphatic heterocycles. The van der Waals surface area contributed by atoms with Gasteiger partial charge in [0.25, 0.3) is 0 Å². The monoisotopic (exact) mass is 486 g/mol. The van der Waals surface area contributed by atoms with Crippen LogP contribution in [-0.2, 0) is 11.2 Å². The Bertz CT molecular complexity index is 848. The normalized spacial score (nSPS) is 31.3. The number of hydrogen-bond acceptors (Lipinski definition) is 2. The molecule has 3 aliphatic carbocycles. The summed E-state index contributed by atoms with van der Waals surface area (Å²) in [6, 6.07) is 2.36. The molecule has 35 heavy (non-hydrogen) atoms. The Labute approximate surface area is 210 Å². The third kappa shape index (κ3) is 6.54. The van der Waals surface area contributed by atoms with Crippen LogP contribution in [-0.4, -0.2) is 5.97 Å². The number of ether oxygens (including phenoxy) is 1. The molecule has 1 aromatic carbocycles. The molecule has 4 rings (SSSR count). The molecule has 4 atom stereocenters. The van der Waals surface area contributed by atoms with Crippen LogP contribution in [0, 0.1) is 47.1 Å². The van der Waals surface area contributed by atoms with Crippen LogP contribution in [0.15, 0.2) is 24.3 Å². The van der Waals surface area contributed by atoms with Gasteiger partial charge in [-0.15, -0.1) is 0 Å². The van der Waals surface area contributed by atoms with Crippen molar-refractivity contribution in [1.82, 2.24) is 0 Å². The van der Waals surface area contributed by atoms with Crippen molar-refractivity contribution in [2.45, 2.75) is 104 Å². The van der Waals surface area contributed by atoms with Crippen molar-refractivity contribution in [1.29, 1.82) is 0 Å². The number of hydrogen-bond donors (Lipinski definition) is 0. The smallest absolute Gasteiger partial charge is 0.314 e. The zero-order valence-corrected chi connectivity index (χ0v) is 21.7. The summed E-state index contributed by atoms with van der Waals surface area (Å²) in [7, 11) is 0. The molecule has 0 heterocycles. The minimum absolute atomic E-state index is 0.000526. The molecule has 3 saturated carbocycles. The van der Waals surface area contributed by atoms with Gasteiger partial charge in [0.2, 0.25) is 0 Å². The fourth-order valence-electron chi connectivity index (χ4n) is 7.54. The molecule has 0 amide bonds. The van der Waals surface area contributed by atoms with Crippen molar-refractivity contribution in [3.05, 3.63) is 41.5 Å². The molecule has 4 unspecified atom stereocenters. The SMILES string of the molecule is C/C=C/CCc1c(F)cc(OC(=O)C2CCCC3CC(C4CCC(CCC)CC4)CCC32)cc1F. The Kier molecular flexibility index (Phi) is 9.41. The fourth-order valence-corrected chi connectivity index (χ4v) is 7.54. The van der Waals surface area contributed by atoms with Gasteiger partial charge >= 0.3 is 5.97 Å². The third-order valence-corrected chi connectivity index (χ3v) is 9.38. The topological polar surface area (TPSA) is 26.3 Å². The zero-order valence-electron chi connectivity index (χ0n) is 21.7. The summed E-state index contributed by atoms with van der Waals surface area (Å²) in [5, 5.41) is 0. The van der Waals surface area contributed by atoms with Gasteiger partial charge in [0, 0.05) is 17.7 Å². The van der Waals surface area contributed by atoms with E-state index in [2.05, 4.69) is 6.92 Å². The molecular formula is C31H44F2O2. The highest BCUT2D eigenvalue weighted by Gasteiger charge is 2.43. The van der Waals surface area contributed by atoms with Crippen molar-refractivity contribution in [3.8, 4) is 5.75 Å². The highest BCUT2D eigenvalue weighted by atomic mass is 19.1. The molecule has 2 nitrogen and oxygen atoms in total. The zero-order chi connectivity index (χ0) is 24.8. The van der Waals surface area contributed by atoms with Crippen molar-refractivity contribution < 1.29 is 18.3 Å². The Morgan fingerprint density at radius 3 is 2.37 bits per heavy atom. The second-order valence-electron chi connectivity index (χ2n) is 11.5. The van der Waals surface area contributed by atoms with Crippen LogP contribution in [0.4, 0.5) is 8.78 Å². The van der Waals surface area contributed by atoms with E-state index in [1.165, 1.54) is 69.9 Å². The summed E-state index contributed by atoms with van der Waals surface area (Å²) in [6.45, 7) is 4.18. The predicted molar refractivity (Wildman–Crippen MR) is 137 cm³/mol. The summed E-state index contributed by atoms with van der Waals surface area (Å²) in [5.41, 5.74) is 0.0580. The maximum absolute atomic E-state index is 14.5. The van der Waals surface area contributed by atoms with Gasteiger partial charge in [0.1, 0.15) is 17.4 Å². The van der Waals surface area contributed by atoms with Crippen LogP contribution in [0.2, 0.25) is 0 Å². The van der Waals surface area contributed by atoms with Gasteiger partial charge in [0.15, 0.2) is 0 Å². The molecule has 0 N–H and O–H groups in total. The average molecular weight is 487 g/mol. The molecule has 1 aromatic rings. The van der Waals surface area contributed by atoms with E-state index in [0.717, 1.165) is 37.0 Å². The number of allylic oxidation sites excluding steroid dienone is 2. The fraction of sp³-hybridized carbons (Fsp3) is 0.710. The lowest BCUT2D eigenvalue weighted by Gasteiger charge is -2.46. The van der Waals surface area contributed by atoms with E-state index in [4.69, 9.17) is 4.74 Å². The number of rotatable bonds is 8. The molecule has 0 radical (unpaired) electrons. The van der Waals surface area contributed by atoms with Crippen molar-refractivity contribution in [2.24, 2.45) is 35.5 Å². The van der Waals surface area contributed by atoms with Gasteiger partial charge < -0.3 is 4.74 Å². The molecule has 0 aromatic heterocycles. The number of fused-ring (bicyclic) bond motifs is 1. The first-order valence-electron chi connectivity index (χ1n) is 14.3. The first kappa shape index (κ1) is 26.4. The van der Waals surface area contributed by atoms with E-state index in [1.807, 2.05) is 19.1 Å². The number of benzene rings is 1. The summed E-state index contributed by atoms with van der Waals surface area (Å²) in [6.07, 6.45) is 19.6. The average Bonchev–Trinajstić information content (AvgIpc) is 2.85. The first-order valence-corrected chi connectivity index (χ1v) is 14.3. The van der Waals surface area contributed by atoms with Crippen LogP contribution < -0.4 is 4.74 Å². The second kappa shape index (κ2) is 12.5. The van der Waals surface area contributed by atoms with Crippen LogP contribution in [0.3, 0.4) is 0 Å². The second-order valence-corrected chi connectivity index (χ2v) is 11.5. The molecule has 0 bridgehead atoms. The lowest BCUT2D eigenvalue weighted by atomic mass is 9.59. The van der Waals surface area contributed by atoms with Gasteiger partial charge in [-0.25, -0.2) is 8.78 Å². The van der Waals surface area contributed by atoms with Gasteiger partial charge in [-0.1, -0.05) is 57.6 Å². The number of carbonyl (C=O) groups excluding carboxylic acids is 1. The predicted octanol–water partition coefficient (Wildman–Crippen LogP) is 8.82. The first-order chi connectivity index (χ1) is 17.0. The summed E-state index contributed by atoms with van der Waals surface area (Å²) >= 11 is 0. The summed E-state index contributed by atoms with van der Waals surface area (Å²) < 4.78 is 34.7. The number of carbonyl (C=O) groups is 1. The molecule has 0 saturated heterocycles. The van der Waals surface area contributed by atoms with E-state index >= 15 is 0 Å². The largest absolute Gasteiger partial charge is 0.426 e. The molecule has 194 valence electrons. The Balaban J connectivity index is 1.34. The maximum atomic E-state index is 14.5. The summed E-state index contributed by atoms with van der Waals surface area (Å²) in [4.78, 5) is 13.1. The molecule has 3 fully saturated rings. The Morgan fingerprint density at radius 1 is 0.971 bits per heavy atom. The molecule has 0 spiro atoms. The van der Waals surface area contributed by atoms with E-state index < -0.39 is 11.6 Å². The minimum Gasteiger partial charge on any atom is -0.426 e.